The van der Waals surface area contributed by atoms with Gasteiger partial charge < -0.3 is 5.11 Å². The predicted molar refractivity (Wildman–Crippen MR) is 39.8 cm³/mol. The molecule has 2 fully saturated rings. The first-order valence-corrected chi connectivity index (χ1v) is 4.30. The highest BCUT2D eigenvalue weighted by Gasteiger charge is 2.40. The third-order valence-electron chi connectivity index (χ3n) is 2.58. The van der Waals surface area contributed by atoms with Crippen molar-refractivity contribution in [3.63, 3.8) is 0 Å². The van der Waals surface area contributed by atoms with Crippen molar-refractivity contribution in [1.82, 2.24) is 4.90 Å². The summed E-state index contributed by atoms with van der Waals surface area (Å²) in [5.41, 5.74) is 0. The molecule has 0 aromatic carbocycles. The number of hydrogen-bond donors (Lipinski definition) is 1. The Bertz CT molecular complexity index is 120. The second-order valence-corrected chi connectivity index (χ2v) is 3.47. The topological polar surface area (TPSA) is 23.5 Å². The Labute approximate surface area is 61.8 Å². The fourth-order valence-electron chi connectivity index (χ4n) is 1.81. The van der Waals surface area contributed by atoms with Crippen LogP contribution in [-0.4, -0.2) is 35.2 Å². The maximum Gasteiger partial charge on any atom is 0.0712 e. The average Bonchev–Trinajstić information content (AvgIpc) is 2.69. The van der Waals surface area contributed by atoms with E-state index in [0.29, 0.717) is 6.04 Å². The summed E-state index contributed by atoms with van der Waals surface area (Å²) in [5, 5.41) is 9.14. The molecule has 1 saturated carbocycles. The van der Waals surface area contributed by atoms with Gasteiger partial charge >= 0.3 is 0 Å². The third-order valence-corrected chi connectivity index (χ3v) is 2.58. The van der Waals surface area contributed by atoms with Gasteiger partial charge in [-0.15, -0.1) is 0 Å². The summed E-state index contributed by atoms with van der Waals surface area (Å²) in [5.74, 6) is 0. The summed E-state index contributed by atoms with van der Waals surface area (Å²) < 4.78 is 0. The molecule has 0 radical (unpaired) electrons. The summed E-state index contributed by atoms with van der Waals surface area (Å²) in [4.78, 5) is 2.44. The van der Waals surface area contributed by atoms with E-state index in [1.165, 1.54) is 32.4 Å². The summed E-state index contributed by atoms with van der Waals surface area (Å²) in [6.45, 7) is 2.45. The van der Waals surface area contributed by atoms with Crippen LogP contribution in [0.25, 0.3) is 0 Å². The minimum absolute atomic E-state index is 0.0121. The van der Waals surface area contributed by atoms with Crippen LogP contribution in [0.1, 0.15) is 25.7 Å². The van der Waals surface area contributed by atoms with E-state index in [0.717, 1.165) is 6.42 Å². The molecule has 1 N–H and O–H groups in total. The minimum atomic E-state index is 0.0121. The molecule has 58 valence electrons. The molecule has 1 saturated heterocycles. The lowest BCUT2D eigenvalue weighted by atomic mass is 10.1. The molecule has 0 aromatic heterocycles. The van der Waals surface area contributed by atoms with Crippen LogP contribution in [0.15, 0.2) is 0 Å². The molecule has 2 atom stereocenters. The van der Waals surface area contributed by atoms with Crippen molar-refractivity contribution < 1.29 is 5.11 Å². The SMILES string of the molecule is OC1CC1N1CCCCC1. The number of nitrogens with zero attached hydrogens (tertiary/aromatic N) is 1. The van der Waals surface area contributed by atoms with Crippen LogP contribution < -0.4 is 0 Å². The largest absolute Gasteiger partial charge is 0.391 e. The quantitative estimate of drug-likeness (QED) is 0.578. The zero-order valence-corrected chi connectivity index (χ0v) is 6.29. The third kappa shape index (κ3) is 1.18. The normalized spacial score (nSPS) is 41.7. The van der Waals surface area contributed by atoms with Gasteiger partial charge in [0.05, 0.1) is 6.10 Å². The van der Waals surface area contributed by atoms with Crippen molar-refractivity contribution in [3.05, 3.63) is 0 Å². The van der Waals surface area contributed by atoms with Crippen LogP contribution in [0.5, 0.6) is 0 Å². The smallest absolute Gasteiger partial charge is 0.0712 e. The van der Waals surface area contributed by atoms with Gasteiger partial charge in [-0.25, -0.2) is 0 Å². The van der Waals surface area contributed by atoms with Gasteiger partial charge in [0.1, 0.15) is 0 Å². The lowest BCUT2D eigenvalue weighted by Gasteiger charge is -2.26. The molecule has 0 aromatic rings. The van der Waals surface area contributed by atoms with E-state index in [4.69, 9.17) is 5.11 Å². The van der Waals surface area contributed by atoms with E-state index in [1.54, 1.807) is 0 Å². The molecular weight excluding hydrogens is 126 g/mol. The van der Waals surface area contributed by atoms with E-state index in [9.17, 15) is 0 Å². The zero-order valence-electron chi connectivity index (χ0n) is 6.29. The molecule has 1 heterocycles. The summed E-state index contributed by atoms with van der Waals surface area (Å²) in [6, 6.07) is 0.542. The lowest BCUT2D eigenvalue weighted by Crippen LogP contribution is -2.33. The van der Waals surface area contributed by atoms with Crippen LogP contribution in [0, 0.1) is 0 Å². The minimum Gasteiger partial charge on any atom is -0.391 e. The van der Waals surface area contributed by atoms with E-state index in [2.05, 4.69) is 4.90 Å². The predicted octanol–water partition coefficient (Wildman–Crippen LogP) is 0.606. The van der Waals surface area contributed by atoms with Gasteiger partial charge in [0.2, 0.25) is 0 Å². The molecule has 0 amide bonds. The summed E-state index contributed by atoms with van der Waals surface area (Å²) in [7, 11) is 0. The van der Waals surface area contributed by atoms with Gasteiger partial charge in [-0.2, -0.15) is 0 Å². The first kappa shape index (κ1) is 6.62. The Morgan fingerprint density at radius 3 is 2.20 bits per heavy atom. The number of aliphatic hydroxyl groups excluding tert-OH is 1. The van der Waals surface area contributed by atoms with E-state index in [1.807, 2.05) is 0 Å². The first-order chi connectivity index (χ1) is 4.88. The van der Waals surface area contributed by atoms with Crippen LogP contribution in [0.2, 0.25) is 0 Å². The monoisotopic (exact) mass is 141 g/mol. The fourth-order valence-corrected chi connectivity index (χ4v) is 1.81. The van der Waals surface area contributed by atoms with Gasteiger partial charge in [-0.3, -0.25) is 4.90 Å². The van der Waals surface area contributed by atoms with Crippen LogP contribution in [-0.2, 0) is 0 Å². The van der Waals surface area contributed by atoms with Crippen molar-refractivity contribution in [3.8, 4) is 0 Å². The van der Waals surface area contributed by atoms with Gasteiger partial charge in [0.25, 0.3) is 0 Å². The van der Waals surface area contributed by atoms with Gasteiger partial charge in [-0.1, -0.05) is 6.42 Å². The highest BCUT2D eigenvalue weighted by Crippen LogP contribution is 2.29. The molecule has 1 aliphatic carbocycles. The highest BCUT2D eigenvalue weighted by atomic mass is 16.3. The van der Waals surface area contributed by atoms with Crippen LogP contribution in [0.4, 0.5) is 0 Å². The second-order valence-electron chi connectivity index (χ2n) is 3.47. The maximum atomic E-state index is 9.14. The van der Waals surface area contributed by atoms with Crippen molar-refractivity contribution in [2.24, 2.45) is 0 Å². The second kappa shape index (κ2) is 2.51. The molecule has 0 bridgehead atoms. The molecule has 2 nitrogen and oxygen atoms in total. The Morgan fingerprint density at radius 2 is 1.70 bits per heavy atom. The molecular formula is C8H15NO. The van der Waals surface area contributed by atoms with Gasteiger partial charge in [0.15, 0.2) is 0 Å². The number of likely N-dealkylation sites (tertiary alicyclic amines) is 1. The number of aliphatic hydroxyl groups is 1. The Morgan fingerprint density at radius 1 is 1.10 bits per heavy atom. The Balaban J connectivity index is 1.81. The molecule has 2 heteroatoms. The molecule has 2 unspecified atom stereocenters. The maximum absolute atomic E-state index is 9.14. The Hall–Kier alpha value is -0.0800. The average molecular weight is 141 g/mol. The van der Waals surface area contributed by atoms with E-state index >= 15 is 0 Å². The van der Waals surface area contributed by atoms with Crippen LogP contribution >= 0.6 is 0 Å². The Kier molecular flexibility index (Phi) is 1.66. The van der Waals surface area contributed by atoms with Crippen LogP contribution in [0.3, 0.4) is 0 Å². The number of hydrogen-bond acceptors (Lipinski definition) is 2. The standard InChI is InChI=1S/C8H15NO/c10-8-6-7(8)9-4-2-1-3-5-9/h7-8,10H,1-6H2. The molecule has 0 spiro atoms. The van der Waals surface area contributed by atoms with Crippen molar-refractivity contribution in [2.75, 3.05) is 13.1 Å². The lowest BCUT2D eigenvalue weighted by molar-refractivity contribution is 0.168. The summed E-state index contributed by atoms with van der Waals surface area (Å²) >= 11 is 0. The fraction of sp³-hybridized carbons (Fsp3) is 1.00. The molecule has 2 rings (SSSR count). The van der Waals surface area contributed by atoms with E-state index in [-0.39, 0.29) is 6.10 Å². The van der Waals surface area contributed by atoms with Crippen molar-refractivity contribution >= 4 is 0 Å². The summed E-state index contributed by atoms with van der Waals surface area (Å²) in [6.07, 6.45) is 5.10. The van der Waals surface area contributed by atoms with Crippen molar-refractivity contribution in [1.29, 1.82) is 0 Å². The van der Waals surface area contributed by atoms with Crippen molar-refractivity contribution in [2.45, 2.75) is 37.8 Å². The van der Waals surface area contributed by atoms with Gasteiger partial charge in [-0.05, 0) is 32.4 Å². The number of rotatable bonds is 1. The molecule has 10 heavy (non-hydrogen) atoms. The number of piperidine rings is 1. The van der Waals surface area contributed by atoms with Gasteiger partial charge in [0, 0.05) is 6.04 Å². The highest BCUT2D eigenvalue weighted by molar-refractivity contribution is 4.95. The van der Waals surface area contributed by atoms with E-state index < -0.39 is 0 Å². The molecule has 2 aliphatic rings. The zero-order chi connectivity index (χ0) is 6.97. The molecule has 1 aliphatic heterocycles. The first-order valence-electron chi connectivity index (χ1n) is 4.30.